The molecule has 1 heterocycles. The number of imidazole rings is 1. The molecule has 0 spiro atoms. The third-order valence-corrected chi connectivity index (χ3v) is 5.97. The topological polar surface area (TPSA) is 17.8 Å². The Morgan fingerprint density at radius 1 is 0.657 bits per heavy atom. The first-order valence-electron chi connectivity index (χ1n) is 12.2. The van der Waals surface area contributed by atoms with Crippen LogP contribution in [-0.4, -0.2) is 17.4 Å². The Balaban J connectivity index is 0.000000172. The quantitative estimate of drug-likeness (QED) is 0.259. The second-order valence-corrected chi connectivity index (χ2v) is 8.41. The monoisotopic (exact) mass is 454 g/mol. The minimum Gasteiger partial charge on any atom is -0.334 e. The van der Waals surface area contributed by atoms with Crippen LogP contribution in [0.1, 0.15) is 27.9 Å². The minimum atomic E-state index is 0.940. The average molecular weight is 454 g/mol. The van der Waals surface area contributed by atoms with Gasteiger partial charge in [0.2, 0.25) is 0 Å². The van der Waals surface area contributed by atoms with Crippen LogP contribution in [0.15, 0.2) is 140 Å². The van der Waals surface area contributed by atoms with E-state index in [0.717, 1.165) is 19.4 Å². The number of benzene rings is 4. The second kappa shape index (κ2) is 13.0. The average Bonchev–Trinajstić information content (AvgIpc) is 3.37. The molecule has 0 saturated carbocycles. The molecule has 0 atom stereocenters. The Kier molecular flexibility index (Phi) is 8.90. The number of nitrogens with zero attached hydrogens (tertiary/aromatic N) is 2. The summed E-state index contributed by atoms with van der Waals surface area (Å²) in [7, 11) is 2.08. The van der Waals surface area contributed by atoms with Gasteiger partial charge in [-0.05, 0) is 34.2 Å². The van der Waals surface area contributed by atoms with E-state index in [0.29, 0.717) is 0 Å². The van der Waals surface area contributed by atoms with Gasteiger partial charge >= 0.3 is 0 Å². The third kappa shape index (κ3) is 7.19. The molecule has 0 N–H and O–H groups in total. The molecular weight excluding hydrogens is 423 g/mol. The van der Waals surface area contributed by atoms with Crippen molar-refractivity contribution in [2.24, 2.45) is 0 Å². The summed E-state index contributed by atoms with van der Waals surface area (Å²) in [5.41, 5.74) is 7.79. The van der Waals surface area contributed by atoms with Gasteiger partial charge < -0.3 is 4.57 Å². The van der Waals surface area contributed by atoms with Gasteiger partial charge in [0.25, 0.3) is 0 Å². The molecule has 3 heteroatoms. The molecule has 5 aromatic rings. The maximum Gasteiger partial charge on any atom is 0.130 e. The highest BCUT2D eigenvalue weighted by Gasteiger charge is 2.04. The molecule has 0 aliphatic heterocycles. The highest BCUT2D eigenvalue weighted by Crippen LogP contribution is 2.21. The Morgan fingerprint density at radius 2 is 1.14 bits per heavy atom. The molecule has 2 nitrogen and oxygen atoms in total. The van der Waals surface area contributed by atoms with Crippen LogP contribution in [0, 0.1) is 0 Å². The van der Waals surface area contributed by atoms with Gasteiger partial charge in [0.1, 0.15) is 7.85 Å². The van der Waals surface area contributed by atoms with Crippen LogP contribution in [0.4, 0.5) is 0 Å². The Hall–Kier alpha value is -4.11. The zero-order valence-electron chi connectivity index (χ0n) is 20.3. The van der Waals surface area contributed by atoms with Crippen molar-refractivity contribution in [1.29, 1.82) is 0 Å². The summed E-state index contributed by atoms with van der Waals surface area (Å²) in [5, 5.41) is 0. The summed E-state index contributed by atoms with van der Waals surface area (Å²) in [6.07, 6.45) is 5.88. The molecule has 0 fully saturated rings. The van der Waals surface area contributed by atoms with Crippen LogP contribution in [0.2, 0.25) is 0 Å². The smallest absolute Gasteiger partial charge is 0.130 e. The van der Waals surface area contributed by atoms with Crippen LogP contribution in [0.25, 0.3) is 5.57 Å². The lowest BCUT2D eigenvalue weighted by Crippen LogP contribution is -2.05. The van der Waals surface area contributed by atoms with Crippen molar-refractivity contribution in [3.8, 4) is 0 Å². The number of rotatable bonds is 7. The molecule has 1 aromatic heterocycles. The lowest BCUT2D eigenvalue weighted by atomic mass is 9.92. The normalized spacial score (nSPS) is 10.2. The van der Waals surface area contributed by atoms with Crippen LogP contribution in [0.5, 0.6) is 0 Å². The van der Waals surface area contributed by atoms with E-state index in [4.69, 9.17) is 0 Å². The summed E-state index contributed by atoms with van der Waals surface area (Å²) >= 11 is 0. The lowest BCUT2D eigenvalue weighted by molar-refractivity contribution is 0.668. The summed E-state index contributed by atoms with van der Waals surface area (Å²) in [4.78, 5) is 4.29. The van der Waals surface area contributed by atoms with Gasteiger partial charge in [-0.2, -0.15) is 0 Å². The van der Waals surface area contributed by atoms with Crippen molar-refractivity contribution >= 4 is 13.4 Å². The molecule has 0 bridgehead atoms. The van der Waals surface area contributed by atoms with E-state index in [1.165, 1.54) is 33.5 Å². The van der Waals surface area contributed by atoms with Gasteiger partial charge in [0, 0.05) is 24.9 Å². The van der Waals surface area contributed by atoms with E-state index in [1.807, 2.05) is 24.7 Å². The maximum absolute atomic E-state index is 4.29. The van der Waals surface area contributed by atoms with Crippen molar-refractivity contribution in [3.63, 3.8) is 0 Å². The Morgan fingerprint density at radius 3 is 1.66 bits per heavy atom. The third-order valence-electron chi connectivity index (χ3n) is 5.97. The predicted molar refractivity (Wildman–Crippen MR) is 150 cm³/mol. The number of hydrogen-bond donors (Lipinski definition) is 0. The predicted octanol–water partition coefficient (Wildman–Crippen LogP) is 6.43. The number of hydrogen-bond acceptors (Lipinski definition) is 1. The van der Waals surface area contributed by atoms with Crippen molar-refractivity contribution in [2.45, 2.75) is 19.4 Å². The van der Waals surface area contributed by atoms with Crippen LogP contribution >= 0.6 is 0 Å². The van der Waals surface area contributed by atoms with Gasteiger partial charge in [-0.1, -0.05) is 121 Å². The van der Waals surface area contributed by atoms with Gasteiger partial charge in [-0.25, -0.2) is 4.98 Å². The molecule has 0 unspecified atom stereocenters. The van der Waals surface area contributed by atoms with Gasteiger partial charge in [0.15, 0.2) is 0 Å². The van der Waals surface area contributed by atoms with Crippen molar-refractivity contribution < 1.29 is 0 Å². The minimum absolute atomic E-state index is 0.940. The fourth-order valence-corrected chi connectivity index (χ4v) is 4.13. The van der Waals surface area contributed by atoms with Crippen molar-refractivity contribution in [1.82, 2.24) is 9.55 Å². The first-order chi connectivity index (χ1) is 17.3. The van der Waals surface area contributed by atoms with Crippen LogP contribution in [-0.2, 0) is 19.4 Å². The summed E-state index contributed by atoms with van der Waals surface area (Å²) in [6, 6.07) is 42.1. The highest BCUT2D eigenvalue weighted by atomic mass is 15.0. The second-order valence-electron chi connectivity index (χ2n) is 8.41. The standard InChI is InChI=1S/C18H18N2.C14H13B/c1-3-7-16(8-4-1)11-12-20-15-19-14-18(20)13-17-9-5-2-6-10-17;15-11-14(12-7-3-1-4-8-12)13-9-5-2-6-10-13/h1-10,14-15H,11-13H2;1-11H,15H2. The highest BCUT2D eigenvalue weighted by molar-refractivity contribution is 6.21. The first kappa shape index (κ1) is 24.0. The van der Waals surface area contributed by atoms with E-state index < -0.39 is 0 Å². The Labute approximate surface area is 210 Å². The lowest BCUT2D eigenvalue weighted by Gasteiger charge is -2.08. The summed E-state index contributed by atoms with van der Waals surface area (Å²) in [6.45, 7) is 0.978. The first-order valence-corrected chi connectivity index (χ1v) is 12.2. The van der Waals surface area contributed by atoms with Crippen LogP contribution in [0.3, 0.4) is 0 Å². The van der Waals surface area contributed by atoms with E-state index in [9.17, 15) is 0 Å². The molecule has 0 aliphatic carbocycles. The summed E-state index contributed by atoms with van der Waals surface area (Å²) < 4.78 is 2.25. The maximum atomic E-state index is 4.29. The number of aryl methyl sites for hydroxylation is 2. The molecular formula is C32H31BN2. The molecule has 0 radical (unpaired) electrons. The van der Waals surface area contributed by atoms with E-state index in [1.54, 1.807) is 0 Å². The van der Waals surface area contributed by atoms with E-state index in [2.05, 4.69) is 133 Å². The zero-order chi connectivity index (χ0) is 24.1. The molecule has 4 aromatic carbocycles. The number of aromatic nitrogens is 2. The van der Waals surface area contributed by atoms with Gasteiger partial charge in [0.05, 0.1) is 6.33 Å². The SMILES string of the molecule is BC=C(c1ccccc1)c1ccccc1.c1ccc(CCn2cncc2Cc2ccccc2)cc1. The zero-order valence-corrected chi connectivity index (χ0v) is 20.3. The fraction of sp³-hybridized carbons (Fsp3) is 0.0938. The van der Waals surface area contributed by atoms with Crippen molar-refractivity contribution in [2.75, 3.05) is 0 Å². The molecule has 35 heavy (non-hydrogen) atoms. The molecule has 0 aliphatic rings. The molecule has 0 amide bonds. The fourth-order valence-electron chi connectivity index (χ4n) is 4.13. The van der Waals surface area contributed by atoms with Crippen molar-refractivity contribution in [3.05, 3.63) is 168 Å². The van der Waals surface area contributed by atoms with Gasteiger partial charge in [-0.15, -0.1) is 5.98 Å². The van der Waals surface area contributed by atoms with E-state index >= 15 is 0 Å². The molecule has 172 valence electrons. The summed E-state index contributed by atoms with van der Waals surface area (Å²) in [5.74, 6) is 2.16. The van der Waals surface area contributed by atoms with Crippen LogP contribution < -0.4 is 0 Å². The largest absolute Gasteiger partial charge is 0.334 e. The van der Waals surface area contributed by atoms with E-state index in [-0.39, 0.29) is 0 Å². The Bertz CT molecular complexity index is 1250. The van der Waals surface area contributed by atoms with Gasteiger partial charge in [-0.3, -0.25) is 0 Å². The molecule has 0 saturated heterocycles. The molecule has 5 rings (SSSR count).